The number of ether oxygens (including phenoxy) is 1. The van der Waals surface area contributed by atoms with Gasteiger partial charge in [-0.1, -0.05) is 45.1 Å². The maximum Gasteiger partial charge on any atom is 0.303 e. The predicted octanol–water partition coefficient (Wildman–Crippen LogP) is 4.91. The quantitative estimate of drug-likeness (QED) is 0.378. The SMILES string of the molecule is CCCCCC(=O)C=C[C@@H]1[C@@H](CCCCCCC(=O)O)[C@@H]2CC[C@H]1O2. The van der Waals surface area contributed by atoms with E-state index in [9.17, 15) is 9.59 Å². The van der Waals surface area contributed by atoms with Crippen LogP contribution < -0.4 is 0 Å². The summed E-state index contributed by atoms with van der Waals surface area (Å²) in [6.07, 6.45) is 16.2. The lowest BCUT2D eigenvalue weighted by molar-refractivity contribution is -0.137. The number of carboxylic acid groups (broad SMARTS) is 1. The predicted molar refractivity (Wildman–Crippen MR) is 98.5 cm³/mol. The van der Waals surface area contributed by atoms with Crippen LogP contribution in [0.1, 0.15) is 84.0 Å². The van der Waals surface area contributed by atoms with Gasteiger partial charge in [0.25, 0.3) is 0 Å². The molecule has 0 saturated carbocycles. The summed E-state index contributed by atoms with van der Waals surface area (Å²) in [6, 6.07) is 0. The van der Waals surface area contributed by atoms with Crippen LogP contribution in [0.25, 0.3) is 0 Å². The Kier molecular flexibility index (Phi) is 8.66. The summed E-state index contributed by atoms with van der Waals surface area (Å²) in [7, 11) is 0. The molecule has 4 heteroatoms. The summed E-state index contributed by atoms with van der Waals surface area (Å²) in [6.45, 7) is 2.15. The fourth-order valence-electron chi connectivity index (χ4n) is 4.32. The highest BCUT2D eigenvalue weighted by atomic mass is 16.5. The summed E-state index contributed by atoms with van der Waals surface area (Å²) in [5, 5.41) is 8.67. The van der Waals surface area contributed by atoms with E-state index < -0.39 is 5.97 Å². The fourth-order valence-corrected chi connectivity index (χ4v) is 4.32. The van der Waals surface area contributed by atoms with Gasteiger partial charge in [0.2, 0.25) is 0 Å². The van der Waals surface area contributed by atoms with Crippen LogP contribution in [0.2, 0.25) is 0 Å². The molecule has 2 aliphatic rings. The normalized spacial score (nSPS) is 28.0. The van der Waals surface area contributed by atoms with E-state index in [0.29, 0.717) is 30.5 Å². The Bertz CT molecular complexity index is 457. The molecule has 0 aliphatic carbocycles. The second kappa shape index (κ2) is 10.7. The second-order valence-corrected chi connectivity index (χ2v) is 7.66. The summed E-state index contributed by atoms with van der Waals surface area (Å²) >= 11 is 0. The number of ketones is 1. The Balaban J connectivity index is 1.72. The van der Waals surface area contributed by atoms with Crippen molar-refractivity contribution in [2.45, 2.75) is 96.2 Å². The molecular weight excluding hydrogens is 316 g/mol. The van der Waals surface area contributed by atoms with Crippen LogP contribution >= 0.6 is 0 Å². The molecule has 2 aliphatic heterocycles. The van der Waals surface area contributed by atoms with Crippen molar-refractivity contribution in [2.24, 2.45) is 11.8 Å². The summed E-state index contributed by atoms with van der Waals surface area (Å²) in [4.78, 5) is 22.5. The minimum Gasteiger partial charge on any atom is -0.481 e. The molecule has 0 unspecified atom stereocenters. The average Bonchev–Trinajstić information content (AvgIpc) is 3.17. The van der Waals surface area contributed by atoms with Gasteiger partial charge in [0.15, 0.2) is 5.78 Å². The monoisotopic (exact) mass is 350 g/mol. The van der Waals surface area contributed by atoms with Gasteiger partial charge >= 0.3 is 5.97 Å². The van der Waals surface area contributed by atoms with Gasteiger partial charge in [-0.05, 0) is 44.1 Å². The molecule has 0 amide bonds. The third-order valence-corrected chi connectivity index (χ3v) is 5.70. The molecule has 0 spiro atoms. The van der Waals surface area contributed by atoms with Crippen LogP contribution in [0.5, 0.6) is 0 Å². The molecule has 2 saturated heterocycles. The van der Waals surface area contributed by atoms with Crippen LogP contribution in [0.3, 0.4) is 0 Å². The minimum atomic E-state index is -0.699. The standard InChI is InChI=1S/C21H34O4/c1-2-3-6-9-16(22)12-13-18-17(19-14-15-20(18)25-19)10-7-4-5-8-11-21(23)24/h12-13,17-20H,2-11,14-15H2,1H3,(H,23,24)/t17-,18-,19+,20-/m1/s1. The molecule has 0 radical (unpaired) electrons. The van der Waals surface area contributed by atoms with Crippen molar-refractivity contribution in [1.82, 2.24) is 0 Å². The molecule has 2 heterocycles. The Morgan fingerprint density at radius 1 is 1.00 bits per heavy atom. The summed E-state index contributed by atoms with van der Waals surface area (Å²) < 4.78 is 6.10. The number of unbranched alkanes of at least 4 members (excludes halogenated alkanes) is 5. The molecule has 142 valence electrons. The maximum atomic E-state index is 12.0. The van der Waals surface area contributed by atoms with Crippen molar-refractivity contribution < 1.29 is 19.4 Å². The third kappa shape index (κ3) is 6.58. The number of carboxylic acids is 1. The van der Waals surface area contributed by atoms with Crippen molar-refractivity contribution in [1.29, 1.82) is 0 Å². The lowest BCUT2D eigenvalue weighted by atomic mass is 9.76. The molecule has 0 aromatic rings. The number of hydrogen-bond acceptors (Lipinski definition) is 3. The lowest BCUT2D eigenvalue weighted by Gasteiger charge is -2.25. The highest BCUT2D eigenvalue weighted by Gasteiger charge is 2.47. The van der Waals surface area contributed by atoms with Crippen LogP contribution in [-0.4, -0.2) is 29.1 Å². The maximum absolute atomic E-state index is 12.0. The number of aliphatic carboxylic acids is 1. The van der Waals surface area contributed by atoms with Gasteiger partial charge in [0, 0.05) is 18.8 Å². The Morgan fingerprint density at radius 2 is 1.72 bits per heavy atom. The van der Waals surface area contributed by atoms with Gasteiger partial charge in [-0.2, -0.15) is 0 Å². The van der Waals surface area contributed by atoms with Crippen molar-refractivity contribution >= 4 is 11.8 Å². The van der Waals surface area contributed by atoms with E-state index >= 15 is 0 Å². The minimum absolute atomic E-state index is 0.253. The number of allylic oxidation sites excluding steroid dienone is 1. The Labute approximate surface area is 152 Å². The zero-order chi connectivity index (χ0) is 18.1. The molecule has 0 aromatic carbocycles. The van der Waals surface area contributed by atoms with Crippen molar-refractivity contribution in [3.05, 3.63) is 12.2 Å². The van der Waals surface area contributed by atoms with E-state index in [-0.39, 0.29) is 12.2 Å². The number of fused-ring (bicyclic) bond motifs is 2. The van der Waals surface area contributed by atoms with E-state index in [1.54, 1.807) is 0 Å². The summed E-state index contributed by atoms with van der Waals surface area (Å²) in [5.74, 6) is 0.491. The highest BCUT2D eigenvalue weighted by molar-refractivity contribution is 5.89. The average molecular weight is 350 g/mol. The third-order valence-electron chi connectivity index (χ3n) is 5.70. The molecular formula is C21H34O4. The fraction of sp³-hybridized carbons (Fsp3) is 0.810. The first-order chi connectivity index (χ1) is 12.1. The van der Waals surface area contributed by atoms with Crippen molar-refractivity contribution in [3.8, 4) is 0 Å². The van der Waals surface area contributed by atoms with Crippen LogP contribution in [0.15, 0.2) is 12.2 Å². The molecule has 4 nitrogen and oxygen atoms in total. The van der Waals surface area contributed by atoms with Crippen LogP contribution in [0.4, 0.5) is 0 Å². The molecule has 0 aromatic heterocycles. The largest absolute Gasteiger partial charge is 0.481 e. The van der Waals surface area contributed by atoms with Gasteiger partial charge in [-0.15, -0.1) is 0 Å². The van der Waals surface area contributed by atoms with E-state index in [1.807, 2.05) is 6.08 Å². The molecule has 2 bridgehead atoms. The number of carbonyl (C=O) groups excluding carboxylic acids is 1. The molecule has 2 fully saturated rings. The molecule has 4 atom stereocenters. The Hall–Kier alpha value is -1.16. The van der Waals surface area contributed by atoms with Crippen LogP contribution in [-0.2, 0) is 14.3 Å². The highest BCUT2D eigenvalue weighted by Crippen LogP contribution is 2.46. The van der Waals surface area contributed by atoms with E-state index in [0.717, 1.165) is 64.2 Å². The zero-order valence-electron chi connectivity index (χ0n) is 15.6. The zero-order valence-corrected chi connectivity index (χ0v) is 15.6. The molecule has 25 heavy (non-hydrogen) atoms. The first-order valence-electron chi connectivity index (χ1n) is 10.2. The summed E-state index contributed by atoms with van der Waals surface area (Å²) in [5.41, 5.74) is 0. The first kappa shape index (κ1) is 20.2. The number of carbonyl (C=O) groups is 2. The van der Waals surface area contributed by atoms with E-state index in [4.69, 9.17) is 9.84 Å². The smallest absolute Gasteiger partial charge is 0.303 e. The van der Waals surface area contributed by atoms with Gasteiger partial charge in [-0.25, -0.2) is 0 Å². The van der Waals surface area contributed by atoms with Gasteiger partial charge in [-0.3, -0.25) is 9.59 Å². The molecule has 2 rings (SSSR count). The number of hydrogen-bond donors (Lipinski definition) is 1. The Morgan fingerprint density at radius 3 is 2.48 bits per heavy atom. The van der Waals surface area contributed by atoms with E-state index in [2.05, 4.69) is 13.0 Å². The van der Waals surface area contributed by atoms with E-state index in [1.165, 1.54) is 0 Å². The van der Waals surface area contributed by atoms with Crippen molar-refractivity contribution in [2.75, 3.05) is 0 Å². The van der Waals surface area contributed by atoms with Gasteiger partial charge < -0.3 is 9.84 Å². The van der Waals surface area contributed by atoms with Gasteiger partial charge in [0.1, 0.15) is 0 Å². The topological polar surface area (TPSA) is 63.6 Å². The molecule has 1 N–H and O–H groups in total. The lowest BCUT2D eigenvalue weighted by Crippen LogP contribution is -2.25. The second-order valence-electron chi connectivity index (χ2n) is 7.66. The first-order valence-corrected chi connectivity index (χ1v) is 10.2. The van der Waals surface area contributed by atoms with Gasteiger partial charge in [0.05, 0.1) is 12.2 Å². The number of rotatable bonds is 13. The van der Waals surface area contributed by atoms with Crippen molar-refractivity contribution in [3.63, 3.8) is 0 Å². The van der Waals surface area contributed by atoms with Crippen LogP contribution in [0, 0.1) is 11.8 Å².